The summed E-state index contributed by atoms with van der Waals surface area (Å²) >= 11 is 1.47. The van der Waals surface area contributed by atoms with Crippen LogP contribution in [-0.4, -0.2) is 37.1 Å². The molecule has 0 unspecified atom stereocenters. The van der Waals surface area contributed by atoms with Crippen molar-refractivity contribution in [3.05, 3.63) is 35.3 Å². The molecule has 1 aromatic heterocycles. The van der Waals surface area contributed by atoms with Gasteiger partial charge in [0.1, 0.15) is 16.5 Å². The lowest BCUT2D eigenvalue weighted by Crippen LogP contribution is -2.32. The number of carbonyl (C=O) groups excluding carboxylic acids is 1. The SMILES string of the molecule is CCCNCCNC(=O)c1csc(-c2ccc(OCC)cc2)n1.Cl.Cl. The van der Waals surface area contributed by atoms with E-state index in [1.54, 1.807) is 5.38 Å². The molecule has 0 saturated heterocycles. The predicted molar refractivity (Wildman–Crippen MR) is 109 cm³/mol. The van der Waals surface area contributed by atoms with Gasteiger partial charge in [-0.1, -0.05) is 6.92 Å². The molecule has 2 aromatic rings. The van der Waals surface area contributed by atoms with Gasteiger partial charge >= 0.3 is 0 Å². The second-order valence-electron chi connectivity index (χ2n) is 5.00. The van der Waals surface area contributed by atoms with Crippen LogP contribution in [0.25, 0.3) is 10.6 Å². The summed E-state index contributed by atoms with van der Waals surface area (Å²) in [6, 6.07) is 7.75. The van der Waals surface area contributed by atoms with Crippen molar-refractivity contribution in [1.82, 2.24) is 15.6 Å². The van der Waals surface area contributed by atoms with Crippen molar-refractivity contribution >= 4 is 42.1 Å². The highest BCUT2D eigenvalue weighted by Crippen LogP contribution is 2.25. The highest BCUT2D eigenvalue weighted by atomic mass is 35.5. The summed E-state index contributed by atoms with van der Waals surface area (Å²) in [4.78, 5) is 16.5. The first-order chi connectivity index (χ1) is 11.2. The second kappa shape index (κ2) is 12.9. The number of thiazole rings is 1. The van der Waals surface area contributed by atoms with Crippen LogP contribution in [0.5, 0.6) is 5.75 Å². The van der Waals surface area contributed by atoms with E-state index in [0.717, 1.165) is 35.8 Å². The molecular weight excluding hydrogens is 381 g/mol. The summed E-state index contributed by atoms with van der Waals surface area (Å²) < 4.78 is 5.43. The van der Waals surface area contributed by atoms with Gasteiger partial charge in [0, 0.05) is 24.0 Å². The van der Waals surface area contributed by atoms with Crippen LogP contribution < -0.4 is 15.4 Å². The molecule has 5 nitrogen and oxygen atoms in total. The topological polar surface area (TPSA) is 63.2 Å². The predicted octanol–water partition coefficient (Wildman–Crippen LogP) is 3.78. The number of benzene rings is 1. The highest BCUT2D eigenvalue weighted by Gasteiger charge is 2.11. The minimum Gasteiger partial charge on any atom is -0.494 e. The summed E-state index contributed by atoms with van der Waals surface area (Å²) in [5.74, 6) is 0.710. The van der Waals surface area contributed by atoms with Gasteiger partial charge in [-0.15, -0.1) is 36.2 Å². The Balaban J connectivity index is 0.00000288. The molecule has 0 bridgehead atoms. The first kappa shape index (κ1) is 23.7. The van der Waals surface area contributed by atoms with Crippen molar-refractivity contribution in [3.8, 4) is 16.3 Å². The third-order valence-corrected chi connectivity index (χ3v) is 4.05. The van der Waals surface area contributed by atoms with Crippen molar-refractivity contribution < 1.29 is 9.53 Å². The fraction of sp³-hybridized carbons (Fsp3) is 0.412. The molecule has 2 N–H and O–H groups in total. The molecule has 0 aliphatic heterocycles. The molecule has 0 radical (unpaired) electrons. The zero-order valence-corrected chi connectivity index (χ0v) is 16.9. The molecule has 0 fully saturated rings. The molecule has 140 valence electrons. The van der Waals surface area contributed by atoms with Crippen molar-refractivity contribution in [2.24, 2.45) is 0 Å². The fourth-order valence-electron chi connectivity index (χ4n) is 2.03. The van der Waals surface area contributed by atoms with E-state index in [2.05, 4.69) is 22.5 Å². The molecule has 8 heteroatoms. The van der Waals surface area contributed by atoms with Gasteiger partial charge in [-0.25, -0.2) is 4.98 Å². The van der Waals surface area contributed by atoms with Crippen molar-refractivity contribution in [2.45, 2.75) is 20.3 Å². The van der Waals surface area contributed by atoms with Crippen LogP contribution in [0.3, 0.4) is 0 Å². The maximum absolute atomic E-state index is 12.0. The first-order valence-electron chi connectivity index (χ1n) is 7.92. The van der Waals surface area contributed by atoms with E-state index in [4.69, 9.17) is 4.74 Å². The standard InChI is InChI=1S/C17H23N3O2S.2ClH/c1-3-9-18-10-11-19-16(21)15-12-23-17(20-15)13-5-7-14(8-6-13)22-4-2;;/h5-8,12,18H,3-4,9-11H2,1-2H3,(H,19,21);2*1H. The normalized spacial score (nSPS) is 9.68. The Morgan fingerprint density at radius 2 is 1.84 bits per heavy atom. The lowest BCUT2D eigenvalue weighted by molar-refractivity contribution is 0.0949. The maximum atomic E-state index is 12.0. The van der Waals surface area contributed by atoms with Crippen LogP contribution >= 0.6 is 36.2 Å². The fourth-order valence-corrected chi connectivity index (χ4v) is 2.83. The Morgan fingerprint density at radius 1 is 1.12 bits per heavy atom. The number of aromatic nitrogens is 1. The van der Waals surface area contributed by atoms with Crippen LogP contribution in [0.2, 0.25) is 0 Å². The lowest BCUT2D eigenvalue weighted by atomic mass is 10.2. The minimum atomic E-state index is -0.128. The summed E-state index contributed by atoms with van der Waals surface area (Å²) in [5, 5.41) is 8.74. The van der Waals surface area contributed by atoms with Gasteiger partial charge in [0.15, 0.2) is 0 Å². The lowest BCUT2D eigenvalue weighted by Gasteiger charge is -2.04. The molecule has 0 aliphatic carbocycles. The zero-order valence-electron chi connectivity index (χ0n) is 14.4. The molecule has 0 saturated carbocycles. The van der Waals surface area contributed by atoms with Crippen LogP contribution in [-0.2, 0) is 0 Å². The summed E-state index contributed by atoms with van der Waals surface area (Å²) in [5.41, 5.74) is 1.46. The quantitative estimate of drug-likeness (QED) is 0.622. The molecule has 2 rings (SSSR count). The van der Waals surface area contributed by atoms with E-state index < -0.39 is 0 Å². The number of rotatable bonds is 9. The number of carbonyl (C=O) groups is 1. The van der Waals surface area contributed by atoms with E-state index in [9.17, 15) is 4.79 Å². The number of nitrogens with one attached hydrogen (secondary N) is 2. The van der Waals surface area contributed by atoms with Gasteiger partial charge in [0.05, 0.1) is 6.61 Å². The van der Waals surface area contributed by atoms with Crippen molar-refractivity contribution in [2.75, 3.05) is 26.2 Å². The second-order valence-corrected chi connectivity index (χ2v) is 5.86. The molecule has 1 aromatic carbocycles. The largest absolute Gasteiger partial charge is 0.494 e. The minimum absolute atomic E-state index is 0. The van der Waals surface area contributed by atoms with E-state index in [-0.39, 0.29) is 30.7 Å². The molecule has 0 aliphatic rings. The molecule has 1 amide bonds. The van der Waals surface area contributed by atoms with Crippen molar-refractivity contribution in [3.63, 3.8) is 0 Å². The van der Waals surface area contributed by atoms with Crippen molar-refractivity contribution in [1.29, 1.82) is 0 Å². The Kier molecular flexibility index (Phi) is 12.2. The average Bonchev–Trinajstić information content (AvgIpc) is 3.05. The average molecular weight is 406 g/mol. The molecule has 1 heterocycles. The van der Waals surface area contributed by atoms with E-state index in [0.29, 0.717) is 18.8 Å². The smallest absolute Gasteiger partial charge is 0.270 e. The Morgan fingerprint density at radius 3 is 2.48 bits per heavy atom. The molecule has 0 atom stereocenters. The Bertz CT molecular complexity index is 621. The summed E-state index contributed by atoms with van der Waals surface area (Å²) in [7, 11) is 0. The summed E-state index contributed by atoms with van der Waals surface area (Å²) in [6.45, 7) is 7.06. The zero-order chi connectivity index (χ0) is 16.5. The molecular formula is C17H25Cl2N3O2S. The van der Waals surface area contributed by atoms with E-state index in [1.807, 2.05) is 31.2 Å². The van der Waals surface area contributed by atoms with Gasteiger partial charge in [-0.05, 0) is 44.2 Å². The third-order valence-electron chi connectivity index (χ3n) is 3.16. The van der Waals surface area contributed by atoms with Crippen LogP contribution in [0, 0.1) is 0 Å². The first-order valence-corrected chi connectivity index (χ1v) is 8.80. The van der Waals surface area contributed by atoms with E-state index >= 15 is 0 Å². The molecule has 0 spiro atoms. The Labute approximate surface area is 165 Å². The number of hydrogen-bond donors (Lipinski definition) is 2. The van der Waals surface area contributed by atoms with Gasteiger partial charge in [0.2, 0.25) is 0 Å². The number of amides is 1. The van der Waals surface area contributed by atoms with Crippen LogP contribution in [0.4, 0.5) is 0 Å². The number of hydrogen-bond acceptors (Lipinski definition) is 5. The molecule has 25 heavy (non-hydrogen) atoms. The number of nitrogens with zero attached hydrogens (tertiary/aromatic N) is 1. The van der Waals surface area contributed by atoms with Gasteiger partial charge < -0.3 is 15.4 Å². The highest BCUT2D eigenvalue weighted by molar-refractivity contribution is 7.13. The van der Waals surface area contributed by atoms with Crippen LogP contribution in [0.15, 0.2) is 29.6 Å². The van der Waals surface area contributed by atoms with Crippen LogP contribution in [0.1, 0.15) is 30.8 Å². The van der Waals surface area contributed by atoms with Gasteiger partial charge in [-0.2, -0.15) is 0 Å². The monoisotopic (exact) mass is 405 g/mol. The van der Waals surface area contributed by atoms with Gasteiger partial charge in [0.25, 0.3) is 5.91 Å². The Hall–Kier alpha value is -1.34. The number of halogens is 2. The summed E-state index contributed by atoms with van der Waals surface area (Å²) in [6.07, 6.45) is 1.09. The third kappa shape index (κ3) is 7.61. The van der Waals surface area contributed by atoms with E-state index in [1.165, 1.54) is 11.3 Å². The number of ether oxygens (including phenoxy) is 1. The maximum Gasteiger partial charge on any atom is 0.270 e. The van der Waals surface area contributed by atoms with Gasteiger partial charge in [-0.3, -0.25) is 4.79 Å².